The Labute approximate surface area is 139 Å². The van der Waals surface area contributed by atoms with E-state index in [2.05, 4.69) is 17.2 Å². The summed E-state index contributed by atoms with van der Waals surface area (Å²) in [6, 6.07) is 5.93. The Hall–Kier alpha value is -2.71. The van der Waals surface area contributed by atoms with Gasteiger partial charge >= 0.3 is 5.97 Å². The van der Waals surface area contributed by atoms with Crippen LogP contribution in [0.5, 0.6) is 0 Å². The number of rotatable bonds is 10. The summed E-state index contributed by atoms with van der Waals surface area (Å²) in [5.74, 6) is -1.96. The zero-order valence-corrected chi connectivity index (χ0v) is 13.2. The molecule has 0 fully saturated rings. The number of carbonyl (C=O) groups is 3. The molecule has 1 rings (SSSR count). The number of hydrogen-bond acceptors (Lipinski definition) is 5. The molecule has 0 radical (unpaired) electrons. The molecule has 4 N–H and O–H groups in total. The van der Waals surface area contributed by atoms with Gasteiger partial charge in [-0.05, 0) is 18.2 Å². The summed E-state index contributed by atoms with van der Waals surface area (Å²) in [5.41, 5.74) is 0.0138. The van der Waals surface area contributed by atoms with E-state index < -0.39 is 11.9 Å². The highest BCUT2D eigenvalue weighted by molar-refractivity contribution is 6.04. The molecule has 1 aromatic carbocycles. The molecule has 0 aliphatic heterocycles. The zero-order chi connectivity index (χ0) is 17.9. The standard InChI is InChI=1S/C16H21N3O5/c1-2-14(21)17-7-9-19(11-20)10-8-18-15(22)12-5-3-4-6-13(12)16(23)24/h2-6,20H,1,7-11H2,(H,17,21)(H,18,22)(H,23,24). The molecule has 0 heterocycles. The van der Waals surface area contributed by atoms with Crippen LogP contribution in [0.1, 0.15) is 20.7 Å². The van der Waals surface area contributed by atoms with Crippen molar-refractivity contribution < 1.29 is 24.6 Å². The lowest BCUT2D eigenvalue weighted by molar-refractivity contribution is -0.116. The minimum absolute atomic E-state index is 0.0684. The average molecular weight is 335 g/mol. The molecular weight excluding hydrogens is 314 g/mol. The van der Waals surface area contributed by atoms with Gasteiger partial charge in [0.2, 0.25) is 5.91 Å². The van der Waals surface area contributed by atoms with Crippen LogP contribution in [0.2, 0.25) is 0 Å². The van der Waals surface area contributed by atoms with Crippen LogP contribution in [0.4, 0.5) is 0 Å². The third kappa shape index (κ3) is 6.19. The maximum absolute atomic E-state index is 12.1. The Balaban J connectivity index is 2.45. The second-order valence-electron chi connectivity index (χ2n) is 4.86. The van der Waals surface area contributed by atoms with Crippen LogP contribution in [-0.4, -0.2) is 65.8 Å². The molecule has 8 heteroatoms. The molecule has 24 heavy (non-hydrogen) atoms. The monoisotopic (exact) mass is 335 g/mol. The van der Waals surface area contributed by atoms with E-state index in [0.29, 0.717) is 19.6 Å². The fraction of sp³-hybridized carbons (Fsp3) is 0.312. The molecule has 8 nitrogen and oxygen atoms in total. The Kier molecular flexibility index (Phi) is 8.17. The van der Waals surface area contributed by atoms with Crippen molar-refractivity contribution in [1.29, 1.82) is 0 Å². The summed E-state index contributed by atoms with van der Waals surface area (Å²) < 4.78 is 0. The first kappa shape index (κ1) is 19.3. The lowest BCUT2D eigenvalue weighted by Gasteiger charge is -2.19. The van der Waals surface area contributed by atoms with Gasteiger partial charge in [0.25, 0.3) is 5.91 Å². The van der Waals surface area contributed by atoms with Gasteiger partial charge in [-0.25, -0.2) is 4.79 Å². The van der Waals surface area contributed by atoms with Crippen LogP contribution in [-0.2, 0) is 4.79 Å². The van der Waals surface area contributed by atoms with E-state index in [9.17, 15) is 19.5 Å². The van der Waals surface area contributed by atoms with Gasteiger partial charge in [0.1, 0.15) is 0 Å². The van der Waals surface area contributed by atoms with Crippen LogP contribution in [0, 0.1) is 0 Å². The van der Waals surface area contributed by atoms with Gasteiger partial charge in [-0.15, -0.1) is 0 Å². The molecule has 130 valence electrons. The Bertz CT molecular complexity index is 603. The molecule has 0 bridgehead atoms. The summed E-state index contributed by atoms with van der Waals surface area (Å²) in [6.45, 7) is 4.41. The normalized spacial score (nSPS) is 10.2. The van der Waals surface area contributed by atoms with E-state index in [1.807, 2.05) is 0 Å². The van der Waals surface area contributed by atoms with Crippen LogP contribution in [0.3, 0.4) is 0 Å². The van der Waals surface area contributed by atoms with E-state index in [-0.39, 0.29) is 30.3 Å². The van der Waals surface area contributed by atoms with Crippen molar-refractivity contribution >= 4 is 17.8 Å². The number of carboxylic acids is 1. The maximum atomic E-state index is 12.1. The van der Waals surface area contributed by atoms with Crippen molar-refractivity contribution in [3.8, 4) is 0 Å². The van der Waals surface area contributed by atoms with Crippen molar-refractivity contribution in [3.05, 3.63) is 48.0 Å². The van der Waals surface area contributed by atoms with E-state index in [1.54, 1.807) is 17.0 Å². The lowest BCUT2D eigenvalue weighted by atomic mass is 10.1. The molecule has 2 amide bonds. The van der Waals surface area contributed by atoms with E-state index in [0.717, 1.165) is 6.08 Å². The van der Waals surface area contributed by atoms with Gasteiger partial charge in [0.05, 0.1) is 17.9 Å². The average Bonchev–Trinajstić information content (AvgIpc) is 2.59. The molecule has 0 aromatic heterocycles. The first-order chi connectivity index (χ1) is 11.5. The van der Waals surface area contributed by atoms with E-state index in [4.69, 9.17) is 5.11 Å². The number of carbonyl (C=O) groups excluding carboxylic acids is 2. The SMILES string of the molecule is C=CC(=O)NCCN(CO)CCNC(=O)c1ccccc1C(=O)O. The Morgan fingerprint density at radius 1 is 1.08 bits per heavy atom. The second-order valence-corrected chi connectivity index (χ2v) is 4.86. The van der Waals surface area contributed by atoms with Gasteiger partial charge in [-0.1, -0.05) is 18.7 Å². The van der Waals surface area contributed by atoms with Gasteiger partial charge < -0.3 is 20.8 Å². The number of aliphatic hydroxyl groups is 1. The molecule has 0 aliphatic carbocycles. The first-order valence-corrected chi connectivity index (χ1v) is 7.33. The summed E-state index contributed by atoms with van der Waals surface area (Å²) in [4.78, 5) is 35.8. The van der Waals surface area contributed by atoms with Crippen LogP contribution >= 0.6 is 0 Å². The zero-order valence-electron chi connectivity index (χ0n) is 13.2. The number of aromatic carboxylic acids is 1. The van der Waals surface area contributed by atoms with Crippen molar-refractivity contribution in [2.45, 2.75) is 0 Å². The molecule has 0 spiro atoms. The van der Waals surface area contributed by atoms with Crippen LogP contribution in [0.15, 0.2) is 36.9 Å². The largest absolute Gasteiger partial charge is 0.478 e. The van der Waals surface area contributed by atoms with Crippen molar-refractivity contribution in [2.24, 2.45) is 0 Å². The topological polar surface area (TPSA) is 119 Å². The van der Waals surface area contributed by atoms with Crippen molar-refractivity contribution in [3.63, 3.8) is 0 Å². The third-order valence-corrected chi connectivity index (χ3v) is 3.23. The molecule has 0 aliphatic rings. The number of hydrogen-bond donors (Lipinski definition) is 4. The van der Waals surface area contributed by atoms with Gasteiger partial charge in [0, 0.05) is 26.2 Å². The minimum atomic E-state index is -1.17. The van der Waals surface area contributed by atoms with Crippen molar-refractivity contribution in [2.75, 3.05) is 32.9 Å². The molecule has 1 aromatic rings. The highest BCUT2D eigenvalue weighted by atomic mass is 16.4. The summed E-state index contributed by atoms with van der Waals surface area (Å²) in [6.07, 6.45) is 1.16. The third-order valence-electron chi connectivity index (χ3n) is 3.23. The van der Waals surface area contributed by atoms with Gasteiger partial charge in [-0.3, -0.25) is 14.5 Å². The maximum Gasteiger partial charge on any atom is 0.336 e. The predicted molar refractivity (Wildman–Crippen MR) is 87.6 cm³/mol. The van der Waals surface area contributed by atoms with Gasteiger partial charge in [-0.2, -0.15) is 0 Å². The molecule has 0 unspecified atom stereocenters. The summed E-state index contributed by atoms with van der Waals surface area (Å²) in [7, 11) is 0. The highest BCUT2D eigenvalue weighted by Gasteiger charge is 2.15. The molecule has 0 saturated heterocycles. The second kappa shape index (κ2) is 10.1. The number of nitrogens with one attached hydrogen (secondary N) is 2. The summed E-state index contributed by atoms with van der Waals surface area (Å²) in [5, 5.41) is 23.5. The lowest BCUT2D eigenvalue weighted by Crippen LogP contribution is -2.40. The quantitative estimate of drug-likeness (QED) is 0.343. The number of carboxylic acid groups (broad SMARTS) is 1. The summed E-state index contributed by atoms with van der Waals surface area (Å²) >= 11 is 0. The predicted octanol–water partition coefficient (Wildman–Crippen LogP) is -0.331. The number of nitrogens with zero attached hydrogens (tertiary/aromatic N) is 1. The van der Waals surface area contributed by atoms with Crippen LogP contribution in [0.25, 0.3) is 0 Å². The fourth-order valence-corrected chi connectivity index (χ4v) is 1.95. The van der Waals surface area contributed by atoms with E-state index >= 15 is 0 Å². The molecule has 0 atom stereocenters. The van der Waals surface area contributed by atoms with Crippen molar-refractivity contribution in [1.82, 2.24) is 15.5 Å². The van der Waals surface area contributed by atoms with Gasteiger partial charge in [0.15, 0.2) is 0 Å². The number of benzene rings is 1. The fourth-order valence-electron chi connectivity index (χ4n) is 1.95. The number of aliphatic hydroxyl groups excluding tert-OH is 1. The molecule has 0 saturated carbocycles. The Morgan fingerprint density at radius 2 is 1.67 bits per heavy atom. The van der Waals surface area contributed by atoms with Crippen LogP contribution < -0.4 is 10.6 Å². The smallest absolute Gasteiger partial charge is 0.336 e. The van der Waals surface area contributed by atoms with E-state index in [1.165, 1.54) is 12.1 Å². The Morgan fingerprint density at radius 3 is 2.21 bits per heavy atom. The highest BCUT2D eigenvalue weighted by Crippen LogP contribution is 2.08. The number of amides is 2. The molecular formula is C16H21N3O5. The minimum Gasteiger partial charge on any atom is -0.478 e. The first-order valence-electron chi connectivity index (χ1n) is 7.33.